The van der Waals surface area contributed by atoms with Crippen LogP contribution in [0.1, 0.15) is 11.1 Å². The van der Waals surface area contributed by atoms with Gasteiger partial charge in [-0.15, -0.1) is 5.73 Å². The van der Waals surface area contributed by atoms with Gasteiger partial charge >= 0.3 is 6.18 Å². The van der Waals surface area contributed by atoms with Gasteiger partial charge in [0.15, 0.2) is 0 Å². The zero-order valence-electron chi connectivity index (χ0n) is 6.40. The molecule has 0 bridgehead atoms. The van der Waals surface area contributed by atoms with Crippen LogP contribution in [0.2, 0.25) is 0 Å². The van der Waals surface area contributed by atoms with E-state index in [4.69, 9.17) is 5.73 Å². The first-order valence-electron chi connectivity index (χ1n) is 3.42. The minimum absolute atomic E-state index is 0.451. The summed E-state index contributed by atoms with van der Waals surface area (Å²) in [6, 6.07) is 2.87. The highest BCUT2D eigenvalue weighted by Crippen LogP contribution is 2.33. The van der Waals surface area contributed by atoms with Crippen molar-refractivity contribution < 1.29 is 17.6 Å². The van der Waals surface area contributed by atoms with Crippen molar-refractivity contribution in [3.8, 4) is 0 Å². The Kier molecular flexibility index (Phi) is 2.56. The van der Waals surface area contributed by atoms with E-state index in [1.54, 1.807) is 0 Å². The summed E-state index contributed by atoms with van der Waals surface area (Å²) >= 11 is 0. The number of hydrogen-bond donors (Lipinski definition) is 0. The molecule has 0 unspecified atom stereocenters. The molecule has 0 saturated carbocycles. The quantitative estimate of drug-likeness (QED) is 0.608. The van der Waals surface area contributed by atoms with E-state index in [1.807, 2.05) is 0 Å². The maximum atomic E-state index is 12.7. The van der Waals surface area contributed by atoms with Crippen LogP contribution in [0.4, 0.5) is 17.6 Å². The van der Waals surface area contributed by atoms with E-state index in [0.29, 0.717) is 6.07 Å². The van der Waals surface area contributed by atoms with Crippen molar-refractivity contribution in [1.29, 1.82) is 0 Å². The summed E-state index contributed by atoms with van der Waals surface area (Å²) in [5.74, 6) is -1.36. The molecule has 1 aromatic carbocycles. The standard InChI is InChI=1S/C8H5F4N/c9-6-3-1-2-5(4-13)7(6)8(10,11)12/h1-3H,4H2. The minimum Gasteiger partial charge on any atom is -0.206 e. The molecule has 13 heavy (non-hydrogen) atoms. The molecule has 1 rings (SSSR count). The number of halogens is 4. The molecule has 5 heteroatoms. The lowest BCUT2D eigenvalue weighted by molar-refractivity contribution is -0.140. The van der Waals surface area contributed by atoms with Crippen LogP contribution < -0.4 is 5.73 Å². The summed E-state index contributed by atoms with van der Waals surface area (Å²) in [7, 11) is 0. The molecule has 0 N–H and O–H groups in total. The Hall–Kier alpha value is -1.10. The third-order valence-electron chi connectivity index (χ3n) is 1.55. The monoisotopic (exact) mass is 191 g/mol. The molecule has 0 atom stereocenters. The van der Waals surface area contributed by atoms with E-state index in [-0.39, 0.29) is 0 Å². The fourth-order valence-electron chi connectivity index (χ4n) is 1.02. The molecule has 70 valence electrons. The molecular formula is C8H5F4N. The molecule has 2 radical (unpaired) electrons. The van der Waals surface area contributed by atoms with Gasteiger partial charge in [-0.3, -0.25) is 0 Å². The van der Waals surface area contributed by atoms with Gasteiger partial charge in [-0.05, 0) is 11.6 Å². The van der Waals surface area contributed by atoms with Crippen LogP contribution in [-0.2, 0) is 12.7 Å². The highest BCUT2D eigenvalue weighted by Gasteiger charge is 2.36. The lowest BCUT2D eigenvalue weighted by Gasteiger charge is -2.11. The van der Waals surface area contributed by atoms with Crippen molar-refractivity contribution in [2.75, 3.05) is 0 Å². The highest BCUT2D eigenvalue weighted by atomic mass is 19.4. The number of nitrogens with zero attached hydrogens (tertiary/aromatic N) is 1. The van der Waals surface area contributed by atoms with Gasteiger partial charge in [-0.1, -0.05) is 12.1 Å². The molecule has 0 fully saturated rings. The molecule has 0 spiro atoms. The predicted octanol–water partition coefficient (Wildman–Crippen LogP) is 2.41. The van der Waals surface area contributed by atoms with Crippen LogP contribution in [-0.4, -0.2) is 0 Å². The fraction of sp³-hybridized carbons (Fsp3) is 0.250. The average Bonchev–Trinajstić information content (AvgIpc) is 2.01. The predicted molar refractivity (Wildman–Crippen MR) is 37.2 cm³/mol. The third-order valence-corrected chi connectivity index (χ3v) is 1.55. The molecule has 0 aromatic heterocycles. The fourth-order valence-corrected chi connectivity index (χ4v) is 1.02. The van der Waals surface area contributed by atoms with Crippen LogP contribution in [0.5, 0.6) is 0 Å². The Bertz CT molecular complexity index is 306. The molecule has 0 heterocycles. The van der Waals surface area contributed by atoms with Gasteiger partial charge in [0, 0.05) is 0 Å². The SMILES string of the molecule is [N]Cc1cccc(F)c1C(F)(F)F. The van der Waals surface area contributed by atoms with Crippen molar-refractivity contribution in [1.82, 2.24) is 5.73 Å². The summed E-state index contributed by atoms with van der Waals surface area (Å²) in [6.07, 6.45) is -4.76. The maximum absolute atomic E-state index is 12.7. The summed E-state index contributed by atoms with van der Waals surface area (Å²) in [6.45, 7) is -0.827. The minimum atomic E-state index is -4.76. The Morgan fingerprint density at radius 2 is 1.85 bits per heavy atom. The second-order valence-electron chi connectivity index (χ2n) is 2.43. The van der Waals surface area contributed by atoms with E-state index in [1.165, 1.54) is 0 Å². The van der Waals surface area contributed by atoms with Gasteiger partial charge in [0.2, 0.25) is 0 Å². The molecule has 0 amide bonds. The largest absolute Gasteiger partial charge is 0.419 e. The van der Waals surface area contributed by atoms with Crippen molar-refractivity contribution in [2.24, 2.45) is 0 Å². The van der Waals surface area contributed by atoms with Gasteiger partial charge in [0.1, 0.15) is 5.82 Å². The van der Waals surface area contributed by atoms with Crippen LogP contribution in [0.3, 0.4) is 0 Å². The van der Waals surface area contributed by atoms with E-state index in [9.17, 15) is 17.6 Å². The summed E-state index contributed by atoms with van der Waals surface area (Å²) in [5.41, 5.74) is 6.70. The molecule has 1 aromatic rings. The molecule has 0 aliphatic heterocycles. The zero-order valence-corrected chi connectivity index (χ0v) is 6.40. The smallest absolute Gasteiger partial charge is 0.206 e. The average molecular weight is 191 g/mol. The first-order valence-corrected chi connectivity index (χ1v) is 3.42. The van der Waals surface area contributed by atoms with Crippen LogP contribution in [0.25, 0.3) is 0 Å². The summed E-state index contributed by atoms with van der Waals surface area (Å²) in [4.78, 5) is 0. The second-order valence-corrected chi connectivity index (χ2v) is 2.43. The van der Waals surface area contributed by atoms with E-state index in [0.717, 1.165) is 12.1 Å². The number of hydrogen-bond acceptors (Lipinski definition) is 0. The van der Waals surface area contributed by atoms with Crippen LogP contribution >= 0.6 is 0 Å². The Morgan fingerprint density at radius 3 is 2.23 bits per heavy atom. The number of alkyl halides is 3. The zero-order chi connectivity index (χ0) is 10.1. The maximum Gasteiger partial charge on any atom is 0.419 e. The Labute approximate surface area is 72.2 Å². The molecule has 0 saturated heterocycles. The normalized spacial score (nSPS) is 11.8. The summed E-state index contributed by atoms with van der Waals surface area (Å²) in [5, 5.41) is 0. The number of rotatable bonds is 1. The van der Waals surface area contributed by atoms with Gasteiger partial charge in [-0.2, -0.15) is 13.2 Å². The van der Waals surface area contributed by atoms with Crippen LogP contribution in [0.15, 0.2) is 18.2 Å². The summed E-state index contributed by atoms with van der Waals surface area (Å²) < 4.78 is 49.1. The van der Waals surface area contributed by atoms with Gasteiger partial charge < -0.3 is 0 Å². The Morgan fingerprint density at radius 1 is 1.23 bits per heavy atom. The lowest BCUT2D eigenvalue weighted by Crippen LogP contribution is -2.12. The molecule has 1 nitrogen and oxygen atoms in total. The third kappa shape index (κ3) is 1.98. The van der Waals surface area contributed by atoms with Crippen molar-refractivity contribution >= 4 is 0 Å². The molecule has 0 aliphatic carbocycles. The topological polar surface area (TPSA) is 22.3 Å². The van der Waals surface area contributed by atoms with E-state index >= 15 is 0 Å². The molecule has 0 aliphatic rings. The second kappa shape index (κ2) is 3.33. The first-order chi connectivity index (χ1) is 5.96. The van der Waals surface area contributed by atoms with E-state index < -0.39 is 29.7 Å². The number of benzene rings is 1. The molecular weight excluding hydrogens is 186 g/mol. The Balaban J connectivity index is 3.32. The van der Waals surface area contributed by atoms with Gasteiger partial charge in [-0.25, -0.2) is 4.39 Å². The highest BCUT2D eigenvalue weighted by molar-refractivity contribution is 5.30. The lowest BCUT2D eigenvalue weighted by atomic mass is 10.1. The van der Waals surface area contributed by atoms with Crippen molar-refractivity contribution in [3.63, 3.8) is 0 Å². The van der Waals surface area contributed by atoms with Crippen molar-refractivity contribution in [2.45, 2.75) is 12.7 Å². The van der Waals surface area contributed by atoms with E-state index in [2.05, 4.69) is 0 Å². The van der Waals surface area contributed by atoms with Crippen molar-refractivity contribution in [3.05, 3.63) is 35.1 Å². The van der Waals surface area contributed by atoms with Gasteiger partial charge in [0.25, 0.3) is 0 Å². The van der Waals surface area contributed by atoms with Crippen LogP contribution in [0, 0.1) is 5.82 Å². The van der Waals surface area contributed by atoms with Gasteiger partial charge in [0.05, 0.1) is 12.1 Å². The first kappa shape index (κ1) is 9.98.